The van der Waals surface area contributed by atoms with Crippen molar-refractivity contribution in [1.29, 1.82) is 0 Å². The Morgan fingerprint density at radius 1 is 1.38 bits per heavy atom. The number of carboxylic acids is 1. The Morgan fingerprint density at radius 2 is 2.05 bits per heavy atom. The number of hydrogen-bond acceptors (Lipinski definition) is 5. The van der Waals surface area contributed by atoms with Crippen LogP contribution >= 0.6 is 0 Å². The number of aliphatic carboxylic acids is 1. The maximum Gasteiger partial charge on any atom is 0.326 e. The summed E-state index contributed by atoms with van der Waals surface area (Å²) in [4.78, 5) is 34.4. The zero-order valence-electron chi connectivity index (χ0n) is 12.2. The van der Waals surface area contributed by atoms with E-state index >= 15 is 0 Å². The highest BCUT2D eigenvalue weighted by atomic mass is 16.6. The van der Waals surface area contributed by atoms with Crippen molar-refractivity contribution in [2.24, 2.45) is 0 Å². The van der Waals surface area contributed by atoms with E-state index < -0.39 is 29.5 Å². The Hall–Kier alpha value is -2.31. The quantitative estimate of drug-likeness (QED) is 0.772. The van der Waals surface area contributed by atoms with Crippen LogP contribution in [0.3, 0.4) is 0 Å². The number of ether oxygens (including phenoxy) is 1. The molecular formula is C14H19NO6. The van der Waals surface area contributed by atoms with Gasteiger partial charge in [0.1, 0.15) is 17.9 Å². The molecule has 0 saturated heterocycles. The molecule has 0 bridgehead atoms. The van der Waals surface area contributed by atoms with Crippen molar-refractivity contribution in [3.05, 3.63) is 24.2 Å². The normalized spacial score (nSPS) is 12.5. The van der Waals surface area contributed by atoms with E-state index in [-0.39, 0.29) is 18.4 Å². The van der Waals surface area contributed by atoms with Crippen LogP contribution < -0.4 is 5.32 Å². The number of furan rings is 1. The number of carbonyl (C=O) groups is 3. The summed E-state index contributed by atoms with van der Waals surface area (Å²) in [5.41, 5.74) is -0.408. The van der Waals surface area contributed by atoms with Crippen LogP contribution in [0.15, 0.2) is 23.0 Å². The number of carboxylic acid groups (broad SMARTS) is 1. The van der Waals surface area contributed by atoms with E-state index in [0.717, 1.165) is 0 Å². The number of esters is 1. The lowest BCUT2D eigenvalue weighted by Gasteiger charge is -2.20. The van der Waals surface area contributed by atoms with E-state index in [9.17, 15) is 14.4 Å². The van der Waals surface area contributed by atoms with Crippen molar-refractivity contribution in [2.45, 2.75) is 45.3 Å². The Bertz CT molecular complexity index is 500. The molecule has 1 heterocycles. The predicted molar refractivity (Wildman–Crippen MR) is 72.7 cm³/mol. The topological polar surface area (TPSA) is 106 Å². The average Bonchev–Trinajstić information content (AvgIpc) is 2.85. The number of amides is 1. The Balaban J connectivity index is 2.53. The second-order valence-electron chi connectivity index (χ2n) is 5.50. The Labute approximate surface area is 122 Å². The molecule has 0 saturated carbocycles. The first-order chi connectivity index (χ1) is 9.69. The largest absolute Gasteiger partial charge is 0.480 e. The number of nitrogens with one attached hydrogen (secondary N) is 1. The maximum absolute atomic E-state index is 11.7. The summed E-state index contributed by atoms with van der Waals surface area (Å²) < 4.78 is 9.83. The molecule has 1 rings (SSSR count). The lowest BCUT2D eigenvalue weighted by Crippen LogP contribution is -2.41. The van der Waals surface area contributed by atoms with Gasteiger partial charge in [-0.15, -0.1) is 0 Å². The van der Waals surface area contributed by atoms with Gasteiger partial charge < -0.3 is 19.6 Å². The molecule has 0 unspecified atom stereocenters. The molecule has 1 aromatic heterocycles. The van der Waals surface area contributed by atoms with Gasteiger partial charge in [0.15, 0.2) is 0 Å². The first-order valence-corrected chi connectivity index (χ1v) is 6.47. The van der Waals surface area contributed by atoms with Gasteiger partial charge in [-0.1, -0.05) is 0 Å². The highest BCUT2D eigenvalue weighted by Crippen LogP contribution is 2.10. The first kappa shape index (κ1) is 16.7. The lowest BCUT2D eigenvalue weighted by atomic mass is 10.1. The van der Waals surface area contributed by atoms with Gasteiger partial charge in [0.25, 0.3) is 5.91 Å². The molecule has 1 atom stereocenters. The smallest absolute Gasteiger partial charge is 0.326 e. The summed E-state index contributed by atoms with van der Waals surface area (Å²) in [6, 6.07) is 0.252. The number of hydrogen-bond donors (Lipinski definition) is 2. The molecule has 116 valence electrons. The monoisotopic (exact) mass is 297 g/mol. The highest BCUT2D eigenvalue weighted by molar-refractivity contribution is 5.96. The fourth-order valence-corrected chi connectivity index (χ4v) is 1.55. The third-order valence-electron chi connectivity index (χ3n) is 2.44. The summed E-state index contributed by atoms with van der Waals surface area (Å²) in [5, 5.41) is 11.4. The van der Waals surface area contributed by atoms with Crippen LogP contribution in [-0.4, -0.2) is 34.6 Å². The average molecular weight is 297 g/mol. The van der Waals surface area contributed by atoms with E-state index in [1.165, 1.54) is 18.6 Å². The van der Waals surface area contributed by atoms with Gasteiger partial charge in [-0.25, -0.2) is 4.79 Å². The molecule has 7 nitrogen and oxygen atoms in total. The SMILES string of the molecule is CC(C)(C)OC(=O)CC[C@@H](NC(=O)c1ccoc1)C(=O)O. The van der Waals surface area contributed by atoms with Crippen molar-refractivity contribution in [3.63, 3.8) is 0 Å². The minimum absolute atomic E-state index is 0.0478. The van der Waals surface area contributed by atoms with E-state index in [0.29, 0.717) is 0 Å². The van der Waals surface area contributed by atoms with Gasteiger partial charge in [-0.05, 0) is 33.3 Å². The van der Waals surface area contributed by atoms with Crippen LogP contribution in [0.1, 0.15) is 44.0 Å². The predicted octanol–water partition coefficient (Wildman–Crippen LogP) is 1.58. The molecule has 0 aromatic carbocycles. The van der Waals surface area contributed by atoms with Crippen molar-refractivity contribution in [3.8, 4) is 0 Å². The van der Waals surface area contributed by atoms with Crippen molar-refractivity contribution in [1.82, 2.24) is 5.32 Å². The van der Waals surface area contributed by atoms with Crippen LogP contribution in [-0.2, 0) is 14.3 Å². The van der Waals surface area contributed by atoms with Crippen LogP contribution in [0, 0.1) is 0 Å². The van der Waals surface area contributed by atoms with E-state index in [1.54, 1.807) is 20.8 Å². The van der Waals surface area contributed by atoms with E-state index in [2.05, 4.69) is 5.32 Å². The molecule has 7 heteroatoms. The second-order valence-corrected chi connectivity index (χ2v) is 5.50. The van der Waals surface area contributed by atoms with Gasteiger partial charge in [0, 0.05) is 6.42 Å². The molecule has 1 amide bonds. The summed E-state index contributed by atoms with van der Waals surface area (Å²) in [6.45, 7) is 5.17. The second kappa shape index (κ2) is 6.92. The maximum atomic E-state index is 11.7. The number of rotatable bonds is 6. The van der Waals surface area contributed by atoms with Crippen molar-refractivity contribution < 1.29 is 28.6 Å². The molecule has 21 heavy (non-hydrogen) atoms. The fraction of sp³-hybridized carbons (Fsp3) is 0.500. The highest BCUT2D eigenvalue weighted by Gasteiger charge is 2.24. The molecule has 0 aliphatic heterocycles. The van der Waals surface area contributed by atoms with Crippen LogP contribution in [0.5, 0.6) is 0 Å². The number of carbonyl (C=O) groups excluding carboxylic acids is 2. The summed E-state index contributed by atoms with van der Waals surface area (Å²) in [7, 11) is 0. The van der Waals surface area contributed by atoms with Gasteiger partial charge in [0.2, 0.25) is 0 Å². The van der Waals surface area contributed by atoms with Gasteiger partial charge in [-0.3, -0.25) is 9.59 Å². The molecule has 1 aromatic rings. The molecular weight excluding hydrogens is 278 g/mol. The zero-order valence-corrected chi connectivity index (χ0v) is 12.2. The fourth-order valence-electron chi connectivity index (χ4n) is 1.55. The van der Waals surface area contributed by atoms with E-state index in [1.807, 2.05) is 0 Å². The van der Waals surface area contributed by atoms with Gasteiger partial charge >= 0.3 is 11.9 Å². The van der Waals surface area contributed by atoms with Gasteiger partial charge in [0.05, 0.1) is 11.8 Å². The minimum Gasteiger partial charge on any atom is -0.480 e. The Kier molecular flexibility index (Phi) is 5.52. The minimum atomic E-state index is -1.21. The van der Waals surface area contributed by atoms with Crippen LogP contribution in [0.25, 0.3) is 0 Å². The third kappa shape index (κ3) is 6.11. The molecule has 0 spiro atoms. The zero-order chi connectivity index (χ0) is 16.0. The molecule has 0 aliphatic rings. The molecule has 2 N–H and O–H groups in total. The third-order valence-corrected chi connectivity index (χ3v) is 2.44. The summed E-state index contributed by atoms with van der Waals surface area (Å²) in [5.74, 6) is -2.29. The standard InChI is InChI=1S/C14H19NO6/c1-14(2,3)21-11(16)5-4-10(13(18)19)15-12(17)9-6-7-20-8-9/h6-8,10H,4-5H2,1-3H3,(H,15,17)(H,18,19)/t10-/m1/s1. The molecule has 0 fully saturated rings. The summed E-state index contributed by atoms with van der Waals surface area (Å²) in [6.07, 6.45) is 2.38. The van der Waals surface area contributed by atoms with Crippen molar-refractivity contribution >= 4 is 17.8 Å². The Morgan fingerprint density at radius 3 is 2.52 bits per heavy atom. The molecule has 0 radical (unpaired) electrons. The van der Waals surface area contributed by atoms with Crippen LogP contribution in [0.2, 0.25) is 0 Å². The lowest BCUT2D eigenvalue weighted by molar-refractivity contribution is -0.155. The van der Waals surface area contributed by atoms with Crippen molar-refractivity contribution in [2.75, 3.05) is 0 Å². The summed E-state index contributed by atoms with van der Waals surface area (Å²) >= 11 is 0. The van der Waals surface area contributed by atoms with Crippen LogP contribution in [0.4, 0.5) is 0 Å². The first-order valence-electron chi connectivity index (χ1n) is 6.47. The molecule has 0 aliphatic carbocycles. The van der Waals surface area contributed by atoms with Gasteiger partial charge in [-0.2, -0.15) is 0 Å². The van der Waals surface area contributed by atoms with E-state index in [4.69, 9.17) is 14.3 Å².